The Bertz CT molecular complexity index is 1100. The third kappa shape index (κ3) is 5.98. The SMILES string of the molecule is CCCC(=O)N(CCc1ccc(OC)c(OC)c1)C1CC(=O)N(c2ccc(NC(C)=O)cc2)C1=O. The molecule has 0 aliphatic carbocycles. The molecule has 1 aliphatic rings. The first kappa shape index (κ1) is 25.7. The van der Waals surface area contributed by atoms with Crippen molar-refractivity contribution in [1.82, 2.24) is 4.90 Å². The van der Waals surface area contributed by atoms with Gasteiger partial charge in [0.25, 0.3) is 5.91 Å². The molecule has 1 fully saturated rings. The van der Waals surface area contributed by atoms with Gasteiger partial charge < -0.3 is 19.7 Å². The molecule has 1 unspecified atom stereocenters. The predicted octanol–water partition coefficient (Wildman–Crippen LogP) is 3.17. The highest BCUT2D eigenvalue weighted by Crippen LogP contribution is 2.30. The number of amides is 4. The molecule has 0 saturated carbocycles. The molecule has 1 N–H and O–H groups in total. The highest BCUT2D eigenvalue weighted by molar-refractivity contribution is 6.23. The fourth-order valence-electron chi connectivity index (χ4n) is 4.13. The van der Waals surface area contributed by atoms with Crippen LogP contribution in [0.15, 0.2) is 42.5 Å². The van der Waals surface area contributed by atoms with Gasteiger partial charge in [-0.05, 0) is 54.8 Å². The van der Waals surface area contributed by atoms with Crippen LogP contribution >= 0.6 is 0 Å². The van der Waals surface area contributed by atoms with Gasteiger partial charge in [-0.3, -0.25) is 19.2 Å². The van der Waals surface area contributed by atoms with Gasteiger partial charge in [0.15, 0.2) is 11.5 Å². The van der Waals surface area contributed by atoms with Crippen LogP contribution in [0.3, 0.4) is 0 Å². The number of nitrogens with zero attached hydrogens (tertiary/aromatic N) is 2. The average Bonchev–Trinajstić information content (AvgIpc) is 3.13. The van der Waals surface area contributed by atoms with Gasteiger partial charge in [0, 0.05) is 25.6 Å². The van der Waals surface area contributed by atoms with Gasteiger partial charge in [0.1, 0.15) is 6.04 Å². The molecule has 0 spiro atoms. The lowest BCUT2D eigenvalue weighted by atomic mass is 10.1. The molecule has 1 saturated heterocycles. The minimum absolute atomic E-state index is 0.0757. The Morgan fingerprint density at radius 3 is 2.34 bits per heavy atom. The highest BCUT2D eigenvalue weighted by atomic mass is 16.5. The van der Waals surface area contributed by atoms with Crippen molar-refractivity contribution < 1.29 is 28.7 Å². The summed E-state index contributed by atoms with van der Waals surface area (Å²) < 4.78 is 10.6. The second-order valence-corrected chi connectivity index (χ2v) is 8.29. The molecule has 2 aromatic rings. The number of imide groups is 1. The van der Waals surface area contributed by atoms with Crippen molar-refractivity contribution in [3.63, 3.8) is 0 Å². The maximum Gasteiger partial charge on any atom is 0.257 e. The summed E-state index contributed by atoms with van der Waals surface area (Å²) in [5.74, 6) is 0.00347. The zero-order chi connectivity index (χ0) is 25.5. The third-order valence-corrected chi connectivity index (χ3v) is 5.82. The van der Waals surface area contributed by atoms with Crippen molar-refractivity contribution in [1.29, 1.82) is 0 Å². The monoisotopic (exact) mass is 481 g/mol. The second kappa shape index (κ2) is 11.5. The van der Waals surface area contributed by atoms with E-state index in [9.17, 15) is 19.2 Å². The van der Waals surface area contributed by atoms with E-state index in [4.69, 9.17) is 9.47 Å². The van der Waals surface area contributed by atoms with E-state index in [2.05, 4.69) is 5.32 Å². The van der Waals surface area contributed by atoms with Crippen molar-refractivity contribution in [2.75, 3.05) is 31.0 Å². The summed E-state index contributed by atoms with van der Waals surface area (Å²) in [6, 6.07) is 11.1. The Labute approximate surface area is 205 Å². The predicted molar refractivity (Wildman–Crippen MR) is 132 cm³/mol. The first-order chi connectivity index (χ1) is 16.8. The van der Waals surface area contributed by atoms with Crippen LogP contribution in [0.1, 0.15) is 38.7 Å². The van der Waals surface area contributed by atoms with Gasteiger partial charge in [0.2, 0.25) is 17.7 Å². The number of carbonyl (C=O) groups is 4. The van der Waals surface area contributed by atoms with Crippen LogP contribution in [0.5, 0.6) is 11.5 Å². The maximum absolute atomic E-state index is 13.3. The zero-order valence-corrected chi connectivity index (χ0v) is 20.5. The summed E-state index contributed by atoms with van der Waals surface area (Å²) in [6.45, 7) is 3.58. The molecule has 9 heteroatoms. The largest absolute Gasteiger partial charge is 0.493 e. The van der Waals surface area contributed by atoms with Crippen LogP contribution in [-0.2, 0) is 25.6 Å². The third-order valence-electron chi connectivity index (χ3n) is 5.82. The summed E-state index contributed by atoms with van der Waals surface area (Å²) in [6.07, 6.45) is 1.33. The molecule has 9 nitrogen and oxygen atoms in total. The van der Waals surface area contributed by atoms with E-state index in [1.807, 2.05) is 19.1 Å². The Balaban J connectivity index is 1.80. The normalized spacial score (nSPS) is 15.2. The topological polar surface area (TPSA) is 105 Å². The number of methoxy groups -OCH3 is 2. The first-order valence-electron chi connectivity index (χ1n) is 11.5. The van der Waals surface area contributed by atoms with E-state index in [-0.39, 0.29) is 37.1 Å². The Morgan fingerprint density at radius 2 is 1.74 bits per heavy atom. The van der Waals surface area contributed by atoms with E-state index in [0.717, 1.165) is 10.5 Å². The van der Waals surface area contributed by atoms with Crippen LogP contribution in [0, 0.1) is 0 Å². The molecule has 1 aliphatic heterocycles. The number of hydrogen-bond donors (Lipinski definition) is 1. The van der Waals surface area contributed by atoms with Crippen molar-refractivity contribution in [3.8, 4) is 11.5 Å². The Morgan fingerprint density at radius 1 is 1.06 bits per heavy atom. The smallest absolute Gasteiger partial charge is 0.257 e. The fourth-order valence-corrected chi connectivity index (χ4v) is 4.13. The van der Waals surface area contributed by atoms with Crippen LogP contribution in [0.25, 0.3) is 0 Å². The number of carbonyl (C=O) groups excluding carboxylic acids is 4. The minimum atomic E-state index is -0.864. The molecular formula is C26H31N3O6. The first-order valence-corrected chi connectivity index (χ1v) is 11.5. The van der Waals surface area contributed by atoms with Crippen LogP contribution in [0.2, 0.25) is 0 Å². The van der Waals surface area contributed by atoms with E-state index in [0.29, 0.717) is 35.7 Å². The van der Waals surface area contributed by atoms with Gasteiger partial charge >= 0.3 is 0 Å². The molecule has 4 amide bonds. The number of benzene rings is 2. The summed E-state index contributed by atoms with van der Waals surface area (Å²) in [7, 11) is 3.11. The number of hydrogen-bond acceptors (Lipinski definition) is 6. The molecular weight excluding hydrogens is 450 g/mol. The van der Waals surface area contributed by atoms with Crippen molar-refractivity contribution in [3.05, 3.63) is 48.0 Å². The van der Waals surface area contributed by atoms with Gasteiger partial charge in [-0.1, -0.05) is 13.0 Å². The number of ether oxygens (including phenoxy) is 2. The number of anilines is 2. The standard InChI is InChI=1S/C26H31N3O6/c1-5-6-24(31)28(14-13-18-7-12-22(34-3)23(15-18)35-4)21-16-25(32)29(26(21)33)20-10-8-19(9-11-20)27-17(2)30/h7-12,15,21H,5-6,13-14,16H2,1-4H3,(H,27,30). The Hall–Kier alpha value is -3.88. The molecule has 1 heterocycles. The summed E-state index contributed by atoms with van der Waals surface area (Å²) in [5, 5.41) is 2.65. The number of rotatable bonds is 10. The van der Waals surface area contributed by atoms with Crippen molar-refractivity contribution in [2.24, 2.45) is 0 Å². The van der Waals surface area contributed by atoms with Crippen LogP contribution < -0.4 is 19.7 Å². The van der Waals surface area contributed by atoms with E-state index in [1.54, 1.807) is 44.6 Å². The highest BCUT2D eigenvalue weighted by Gasteiger charge is 2.44. The number of nitrogens with one attached hydrogen (secondary N) is 1. The molecule has 2 aromatic carbocycles. The summed E-state index contributed by atoms with van der Waals surface area (Å²) in [5.41, 5.74) is 1.88. The summed E-state index contributed by atoms with van der Waals surface area (Å²) >= 11 is 0. The van der Waals surface area contributed by atoms with Gasteiger partial charge in [-0.25, -0.2) is 4.90 Å². The molecule has 186 valence electrons. The lowest BCUT2D eigenvalue weighted by Gasteiger charge is -2.28. The second-order valence-electron chi connectivity index (χ2n) is 8.29. The van der Waals surface area contributed by atoms with Gasteiger partial charge in [-0.15, -0.1) is 0 Å². The molecule has 3 rings (SSSR count). The average molecular weight is 482 g/mol. The summed E-state index contributed by atoms with van der Waals surface area (Å²) in [4.78, 5) is 53.0. The molecule has 0 aromatic heterocycles. The molecule has 35 heavy (non-hydrogen) atoms. The molecule has 1 atom stereocenters. The van der Waals surface area contributed by atoms with Gasteiger partial charge in [0.05, 0.1) is 26.3 Å². The maximum atomic E-state index is 13.3. The van der Waals surface area contributed by atoms with E-state index >= 15 is 0 Å². The van der Waals surface area contributed by atoms with Crippen molar-refractivity contribution in [2.45, 2.75) is 45.6 Å². The minimum Gasteiger partial charge on any atom is -0.493 e. The molecule has 0 radical (unpaired) electrons. The van der Waals surface area contributed by atoms with Crippen molar-refractivity contribution >= 4 is 35.0 Å². The quantitative estimate of drug-likeness (QED) is 0.523. The zero-order valence-electron chi connectivity index (χ0n) is 20.5. The fraction of sp³-hybridized carbons (Fsp3) is 0.385. The Kier molecular flexibility index (Phi) is 8.46. The lowest BCUT2D eigenvalue weighted by Crippen LogP contribution is -2.46. The van der Waals surface area contributed by atoms with Crippen LogP contribution in [0.4, 0.5) is 11.4 Å². The lowest BCUT2D eigenvalue weighted by molar-refractivity contribution is -0.138. The molecule has 0 bridgehead atoms. The van der Waals surface area contributed by atoms with Crippen LogP contribution in [-0.4, -0.2) is 55.3 Å². The van der Waals surface area contributed by atoms with E-state index in [1.165, 1.54) is 11.8 Å². The van der Waals surface area contributed by atoms with Gasteiger partial charge in [-0.2, -0.15) is 0 Å². The van der Waals surface area contributed by atoms with E-state index < -0.39 is 11.9 Å².